The molecule has 1 saturated heterocycles. The number of carboxylic acid groups (broad SMARTS) is 1. The van der Waals surface area contributed by atoms with Crippen LogP contribution in [0.5, 0.6) is 0 Å². The number of primary amides is 1. The second-order valence-electron chi connectivity index (χ2n) is 6.29. The summed E-state index contributed by atoms with van der Waals surface area (Å²) in [4.78, 5) is 60.5. The van der Waals surface area contributed by atoms with Gasteiger partial charge in [0.2, 0.25) is 23.6 Å². The van der Waals surface area contributed by atoms with Crippen molar-refractivity contribution in [1.29, 1.82) is 0 Å². The minimum atomic E-state index is -1.44. The van der Waals surface area contributed by atoms with Gasteiger partial charge in [0.15, 0.2) is 0 Å². The van der Waals surface area contributed by atoms with E-state index in [0.717, 1.165) is 4.90 Å². The van der Waals surface area contributed by atoms with E-state index in [1.165, 1.54) is 0 Å². The Morgan fingerprint density at radius 2 is 1.75 bits per heavy atom. The average molecular weight is 419 g/mol. The molecule has 1 rings (SSSR count). The topological polar surface area (TPSA) is 205 Å². The molecule has 4 atom stereocenters. The Morgan fingerprint density at radius 3 is 2.25 bits per heavy atom. The highest BCUT2D eigenvalue weighted by Gasteiger charge is 2.38. The Bertz CT molecular complexity index is 632. The molecule has 4 unspecified atom stereocenters. The van der Waals surface area contributed by atoms with Crippen molar-refractivity contribution in [3.8, 4) is 0 Å². The number of carboxylic acids is 1. The molecule has 0 aromatic carbocycles. The number of nitrogens with zero attached hydrogens (tertiary/aromatic N) is 1. The second-order valence-corrected chi connectivity index (χ2v) is 6.66. The largest absolute Gasteiger partial charge is 0.480 e. The normalized spacial score (nSPS) is 19.4. The lowest BCUT2D eigenvalue weighted by Gasteiger charge is -2.28. The van der Waals surface area contributed by atoms with Crippen LogP contribution >= 0.6 is 12.6 Å². The molecule has 1 heterocycles. The van der Waals surface area contributed by atoms with E-state index in [9.17, 15) is 34.2 Å². The molecule has 4 amide bonds. The van der Waals surface area contributed by atoms with Gasteiger partial charge in [-0.2, -0.15) is 12.6 Å². The highest BCUT2D eigenvalue weighted by molar-refractivity contribution is 7.80. The molecule has 0 aromatic heterocycles. The molecule has 8 N–H and O–H groups in total. The van der Waals surface area contributed by atoms with Crippen molar-refractivity contribution in [1.82, 2.24) is 15.5 Å². The molecule has 0 bridgehead atoms. The minimum absolute atomic E-state index is 0.0000754. The first-order valence-electron chi connectivity index (χ1n) is 8.52. The van der Waals surface area contributed by atoms with Gasteiger partial charge in [0.25, 0.3) is 0 Å². The fourth-order valence-corrected chi connectivity index (χ4v) is 2.88. The standard InChI is InChI=1S/C15H25N5O7S/c16-7(6-28)12(23)19-9(5-21)13(24)18-8(4-11(17)22)14(25)20-3-1-2-10(20)15(26)27/h7-10,21,28H,1-6,16H2,(H2,17,22)(H,18,24)(H,19,23)(H,26,27). The third-order valence-corrected chi connectivity index (χ3v) is 4.58. The van der Waals surface area contributed by atoms with Gasteiger partial charge in [-0.1, -0.05) is 0 Å². The maximum atomic E-state index is 12.7. The van der Waals surface area contributed by atoms with Gasteiger partial charge in [0, 0.05) is 12.3 Å². The first-order chi connectivity index (χ1) is 13.1. The van der Waals surface area contributed by atoms with Crippen LogP contribution in [0, 0.1) is 0 Å². The number of aliphatic hydroxyl groups is 1. The molecule has 28 heavy (non-hydrogen) atoms. The highest BCUT2D eigenvalue weighted by atomic mass is 32.1. The fraction of sp³-hybridized carbons (Fsp3) is 0.667. The molecule has 1 fully saturated rings. The smallest absolute Gasteiger partial charge is 0.326 e. The van der Waals surface area contributed by atoms with E-state index in [1.807, 2.05) is 0 Å². The summed E-state index contributed by atoms with van der Waals surface area (Å²) >= 11 is 3.85. The predicted molar refractivity (Wildman–Crippen MR) is 99.0 cm³/mol. The highest BCUT2D eigenvalue weighted by Crippen LogP contribution is 2.19. The summed E-state index contributed by atoms with van der Waals surface area (Å²) in [7, 11) is 0. The van der Waals surface area contributed by atoms with E-state index in [4.69, 9.17) is 11.5 Å². The van der Waals surface area contributed by atoms with Crippen molar-refractivity contribution < 1.29 is 34.2 Å². The quantitative estimate of drug-likeness (QED) is 0.174. The van der Waals surface area contributed by atoms with E-state index in [1.54, 1.807) is 0 Å². The average Bonchev–Trinajstić information content (AvgIpc) is 3.13. The van der Waals surface area contributed by atoms with E-state index >= 15 is 0 Å². The third-order valence-electron chi connectivity index (χ3n) is 4.19. The second kappa shape index (κ2) is 10.8. The van der Waals surface area contributed by atoms with Crippen molar-refractivity contribution in [3.05, 3.63) is 0 Å². The Balaban J connectivity index is 2.90. The molecular weight excluding hydrogens is 394 g/mol. The van der Waals surface area contributed by atoms with Gasteiger partial charge in [0.05, 0.1) is 19.1 Å². The molecule has 1 aliphatic rings. The van der Waals surface area contributed by atoms with Gasteiger partial charge < -0.3 is 37.2 Å². The maximum Gasteiger partial charge on any atom is 0.326 e. The SMILES string of the molecule is NC(=O)CC(NC(=O)C(CO)NC(=O)C(N)CS)C(=O)N1CCCC1C(=O)O. The van der Waals surface area contributed by atoms with Crippen molar-refractivity contribution in [3.63, 3.8) is 0 Å². The number of carbonyl (C=O) groups excluding carboxylic acids is 4. The van der Waals surface area contributed by atoms with Gasteiger partial charge in [-0.05, 0) is 12.8 Å². The molecule has 12 nitrogen and oxygen atoms in total. The summed E-state index contributed by atoms with van der Waals surface area (Å²) < 4.78 is 0. The third kappa shape index (κ3) is 6.35. The number of thiol groups is 1. The number of aliphatic hydroxyl groups excluding tert-OH is 1. The van der Waals surface area contributed by atoms with Crippen LogP contribution in [0.1, 0.15) is 19.3 Å². The number of amides is 4. The van der Waals surface area contributed by atoms with Crippen LogP contribution in [-0.2, 0) is 24.0 Å². The van der Waals surface area contributed by atoms with Crippen molar-refractivity contribution in [2.45, 2.75) is 43.4 Å². The zero-order valence-corrected chi connectivity index (χ0v) is 15.9. The summed E-state index contributed by atoms with van der Waals surface area (Å²) in [6, 6.07) is -4.96. The van der Waals surface area contributed by atoms with Crippen LogP contribution in [0.25, 0.3) is 0 Å². The zero-order valence-electron chi connectivity index (χ0n) is 15.0. The number of carbonyl (C=O) groups is 5. The number of likely N-dealkylation sites (tertiary alicyclic amines) is 1. The molecular formula is C15H25N5O7S. The predicted octanol–water partition coefficient (Wildman–Crippen LogP) is -3.84. The Morgan fingerprint density at radius 1 is 1.14 bits per heavy atom. The molecule has 0 aliphatic carbocycles. The van der Waals surface area contributed by atoms with Crippen molar-refractivity contribution in [2.75, 3.05) is 18.9 Å². The van der Waals surface area contributed by atoms with Gasteiger partial charge in [-0.25, -0.2) is 4.79 Å². The van der Waals surface area contributed by atoms with Crippen LogP contribution in [0.3, 0.4) is 0 Å². The number of nitrogens with one attached hydrogen (secondary N) is 2. The van der Waals surface area contributed by atoms with Crippen LogP contribution in [-0.4, -0.2) is 87.8 Å². The number of rotatable bonds is 10. The molecule has 13 heteroatoms. The summed E-state index contributed by atoms with van der Waals surface area (Å²) in [5.41, 5.74) is 10.6. The maximum absolute atomic E-state index is 12.7. The van der Waals surface area contributed by atoms with Crippen molar-refractivity contribution >= 4 is 42.2 Å². The van der Waals surface area contributed by atoms with Crippen LogP contribution in [0.4, 0.5) is 0 Å². The van der Waals surface area contributed by atoms with E-state index in [-0.39, 0.29) is 18.7 Å². The molecule has 0 radical (unpaired) electrons. The van der Waals surface area contributed by atoms with Crippen molar-refractivity contribution in [2.24, 2.45) is 11.5 Å². The van der Waals surface area contributed by atoms with E-state index in [2.05, 4.69) is 23.3 Å². The van der Waals surface area contributed by atoms with Crippen LogP contribution < -0.4 is 22.1 Å². The first-order valence-corrected chi connectivity index (χ1v) is 9.15. The first kappa shape index (κ1) is 23.7. The lowest BCUT2D eigenvalue weighted by atomic mass is 10.1. The van der Waals surface area contributed by atoms with Crippen LogP contribution in [0.2, 0.25) is 0 Å². The van der Waals surface area contributed by atoms with Gasteiger partial charge >= 0.3 is 5.97 Å². The number of aliphatic carboxylic acids is 1. The van der Waals surface area contributed by atoms with Gasteiger partial charge in [0.1, 0.15) is 18.1 Å². The lowest BCUT2D eigenvalue weighted by Crippen LogP contribution is -2.58. The van der Waals surface area contributed by atoms with Crippen LogP contribution in [0.15, 0.2) is 0 Å². The van der Waals surface area contributed by atoms with Gasteiger partial charge in [-0.15, -0.1) is 0 Å². The van der Waals surface area contributed by atoms with Gasteiger partial charge in [-0.3, -0.25) is 19.2 Å². The number of hydrogen-bond donors (Lipinski definition) is 7. The minimum Gasteiger partial charge on any atom is -0.480 e. The Labute approximate surface area is 166 Å². The Hall–Kier alpha value is -2.38. The molecule has 0 saturated carbocycles. The lowest BCUT2D eigenvalue weighted by molar-refractivity contribution is -0.149. The summed E-state index contributed by atoms with van der Waals surface area (Å²) in [5.74, 6) is -4.57. The van der Waals surface area contributed by atoms with E-state index in [0.29, 0.717) is 6.42 Å². The number of hydrogen-bond acceptors (Lipinski definition) is 8. The fourth-order valence-electron chi connectivity index (χ4n) is 2.72. The summed E-state index contributed by atoms with van der Waals surface area (Å²) in [6.07, 6.45) is 0.127. The monoisotopic (exact) mass is 419 g/mol. The summed E-state index contributed by atoms with van der Waals surface area (Å²) in [6.45, 7) is -0.645. The van der Waals surface area contributed by atoms with E-state index < -0.39 is 66.8 Å². The molecule has 0 spiro atoms. The number of nitrogens with two attached hydrogens (primary N) is 2. The Kier molecular flexibility index (Phi) is 9.15. The zero-order chi connectivity index (χ0) is 21.4. The summed E-state index contributed by atoms with van der Waals surface area (Å²) in [5, 5.41) is 23.0. The molecule has 1 aliphatic heterocycles. The molecule has 158 valence electrons. The molecule has 0 aromatic rings.